The van der Waals surface area contributed by atoms with E-state index in [0.29, 0.717) is 15.9 Å². The van der Waals surface area contributed by atoms with Crippen LogP contribution in [0.5, 0.6) is 5.75 Å². The predicted molar refractivity (Wildman–Crippen MR) is 76.3 cm³/mol. The second kappa shape index (κ2) is 8.64. The molecule has 1 rings (SSSR count). The highest BCUT2D eigenvalue weighted by Gasteiger charge is 2.14. The van der Waals surface area contributed by atoms with Gasteiger partial charge >= 0.3 is 0 Å². The largest absolute Gasteiger partial charge is 0.475 e. The van der Waals surface area contributed by atoms with Crippen molar-refractivity contribution in [3.8, 4) is 11.8 Å². The van der Waals surface area contributed by atoms with Gasteiger partial charge in [0, 0.05) is 7.11 Å². The lowest BCUT2D eigenvalue weighted by atomic mass is 10.3. The van der Waals surface area contributed by atoms with Gasteiger partial charge in [-0.05, 0) is 28.1 Å². The van der Waals surface area contributed by atoms with Crippen molar-refractivity contribution >= 4 is 39.0 Å². The fourth-order valence-corrected chi connectivity index (χ4v) is 1.79. The molecule has 1 aromatic carbocycles. The van der Waals surface area contributed by atoms with Gasteiger partial charge in [-0.2, -0.15) is 15.5 Å². The molecule has 6 nitrogen and oxygen atoms in total. The highest BCUT2D eigenvalue weighted by molar-refractivity contribution is 9.10. The molecule has 0 aliphatic carbocycles. The quantitative estimate of drug-likeness (QED) is 0.424. The molecule has 20 heavy (non-hydrogen) atoms. The summed E-state index contributed by atoms with van der Waals surface area (Å²) in [5.41, 5.74) is -0.761. The van der Waals surface area contributed by atoms with Gasteiger partial charge in [0.1, 0.15) is 18.4 Å². The minimum Gasteiger partial charge on any atom is -0.475 e. The monoisotopic (exact) mass is 359 g/mol. The van der Waals surface area contributed by atoms with Crippen LogP contribution in [-0.4, -0.2) is 31.6 Å². The van der Waals surface area contributed by atoms with E-state index in [9.17, 15) is 4.79 Å². The molecule has 0 spiro atoms. The molecule has 0 aliphatic rings. The normalized spacial score (nSPS) is 12.1. The van der Waals surface area contributed by atoms with Crippen molar-refractivity contribution in [3.05, 3.63) is 22.7 Å². The second-order valence-corrected chi connectivity index (χ2v) is 4.75. The predicted octanol–water partition coefficient (Wildman–Crippen LogP) is 3.22. The number of nitriles is 1. The molecule has 0 heterocycles. The number of hydrogen-bond donors (Lipinski definition) is 0. The highest BCUT2D eigenvalue weighted by Crippen LogP contribution is 2.35. The molecular weight excluding hydrogens is 350 g/mol. The Morgan fingerprint density at radius 1 is 1.60 bits per heavy atom. The number of benzene rings is 1. The van der Waals surface area contributed by atoms with E-state index in [0.717, 1.165) is 0 Å². The lowest BCUT2D eigenvalue weighted by Crippen LogP contribution is -2.16. The van der Waals surface area contributed by atoms with E-state index in [-0.39, 0.29) is 13.2 Å². The Balaban J connectivity index is 2.89. The molecule has 1 atom stereocenters. The number of Topliss-reactive ketones (excluding diaryl/α,β-unsaturated/α-hetero) is 1. The van der Waals surface area contributed by atoms with E-state index in [1.165, 1.54) is 7.11 Å². The molecule has 1 unspecified atom stereocenters. The average Bonchev–Trinajstić information content (AvgIpc) is 2.44. The number of methoxy groups -OCH3 is 1. The van der Waals surface area contributed by atoms with Crippen LogP contribution in [0.2, 0.25) is 0 Å². The number of hydrogen-bond acceptors (Lipinski definition) is 6. The van der Waals surface area contributed by atoms with Crippen LogP contribution in [-0.2, 0) is 9.53 Å². The van der Waals surface area contributed by atoms with Gasteiger partial charge in [-0.25, -0.2) is 0 Å². The molecule has 0 fully saturated rings. The molecule has 1 aromatic rings. The number of rotatable bonds is 7. The van der Waals surface area contributed by atoms with Crippen LogP contribution in [0, 0.1) is 11.3 Å². The van der Waals surface area contributed by atoms with Crippen LogP contribution in [0.25, 0.3) is 0 Å². The van der Waals surface area contributed by atoms with Crippen molar-refractivity contribution in [1.29, 1.82) is 5.26 Å². The van der Waals surface area contributed by atoms with Crippen LogP contribution in [0.3, 0.4) is 0 Å². The molecule has 8 heteroatoms. The van der Waals surface area contributed by atoms with Crippen molar-refractivity contribution in [2.24, 2.45) is 10.2 Å². The van der Waals surface area contributed by atoms with Crippen molar-refractivity contribution in [3.63, 3.8) is 0 Å². The third-order valence-electron chi connectivity index (χ3n) is 2.05. The fourth-order valence-electron chi connectivity index (χ4n) is 1.21. The standard InChI is InChI=1S/C12H11BrClN3O3/c1-19-7-10(18)12(14)17-16-9-4-2-3-8(13)11(9)20-6-5-15/h2-4,12H,6-7H2,1H3. The van der Waals surface area contributed by atoms with E-state index in [1.807, 2.05) is 6.07 Å². The number of ether oxygens (including phenoxy) is 2. The summed E-state index contributed by atoms with van der Waals surface area (Å²) in [6.45, 7) is -0.262. The molecule has 0 aromatic heterocycles. The zero-order valence-corrected chi connectivity index (χ0v) is 12.9. The van der Waals surface area contributed by atoms with Crippen molar-refractivity contribution in [1.82, 2.24) is 0 Å². The van der Waals surface area contributed by atoms with E-state index in [1.54, 1.807) is 18.2 Å². The molecular formula is C12H11BrClN3O3. The lowest BCUT2D eigenvalue weighted by molar-refractivity contribution is -0.122. The fraction of sp³-hybridized carbons (Fsp3) is 0.333. The van der Waals surface area contributed by atoms with Crippen LogP contribution in [0.1, 0.15) is 0 Å². The van der Waals surface area contributed by atoms with Gasteiger partial charge in [-0.3, -0.25) is 4.79 Å². The Bertz CT molecular complexity index is 545. The minimum atomic E-state index is -1.13. The van der Waals surface area contributed by atoms with Gasteiger partial charge in [-0.1, -0.05) is 17.7 Å². The van der Waals surface area contributed by atoms with E-state index in [4.69, 9.17) is 21.6 Å². The van der Waals surface area contributed by atoms with Crippen molar-refractivity contribution in [2.75, 3.05) is 20.3 Å². The summed E-state index contributed by atoms with van der Waals surface area (Å²) in [5.74, 6) is -0.0340. The van der Waals surface area contributed by atoms with Crippen LogP contribution >= 0.6 is 27.5 Å². The van der Waals surface area contributed by atoms with Gasteiger partial charge in [0.25, 0.3) is 0 Å². The highest BCUT2D eigenvalue weighted by atomic mass is 79.9. The number of azo groups is 1. The number of alkyl halides is 1. The number of ketones is 1. The summed E-state index contributed by atoms with van der Waals surface area (Å²) in [6, 6.07) is 6.94. The second-order valence-electron chi connectivity index (χ2n) is 3.49. The number of halogens is 2. The van der Waals surface area contributed by atoms with E-state index in [2.05, 4.69) is 30.9 Å². The van der Waals surface area contributed by atoms with Crippen LogP contribution in [0.15, 0.2) is 32.9 Å². The molecule has 0 bridgehead atoms. The first kappa shape index (κ1) is 16.6. The zero-order chi connectivity index (χ0) is 15.0. The molecule has 0 radical (unpaired) electrons. The van der Waals surface area contributed by atoms with E-state index < -0.39 is 11.3 Å². The maximum atomic E-state index is 11.4. The number of carbonyl (C=O) groups excluding carboxylic acids is 1. The first-order chi connectivity index (χ1) is 9.60. The lowest BCUT2D eigenvalue weighted by Gasteiger charge is -2.07. The van der Waals surface area contributed by atoms with Crippen LogP contribution < -0.4 is 4.74 Å². The summed E-state index contributed by atoms with van der Waals surface area (Å²) < 4.78 is 10.5. The van der Waals surface area contributed by atoms with E-state index >= 15 is 0 Å². The Morgan fingerprint density at radius 2 is 2.35 bits per heavy atom. The number of para-hydroxylation sites is 1. The Kier molecular flexibility index (Phi) is 7.15. The molecule has 0 N–H and O–H groups in total. The summed E-state index contributed by atoms with van der Waals surface area (Å²) in [4.78, 5) is 11.4. The van der Waals surface area contributed by atoms with Crippen molar-refractivity contribution < 1.29 is 14.3 Å². The molecule has 0 saturated carbocycles. The number of carbonyl (C=O) groups is 1. The Morgan fingerprint density at radius 3 is 3.00 bits per heavy atom. The zero-order valence-electron chi connectivity index (χ0n) is 10.5. The SMILES string of the molecule is COCC(=O)C(Cl)N=Nc1cccc(Br)c1OCC#N. The van der Waals surface area contributed by atoms with Gasteiger partial charge in [-0.15, -0.1) is 0 Å². The molecule has 0 amide bonds. The minimum absolute atomic E-state index is 0.127. The third kappa shape index (κ3) is 4.89. The summed E-state index contributed by atoms with van der Waals surface area (Å²) in [5, 5.41) is 16.1. The Labute approximate surface area is 129 Å². The first-order valence-electron chi connectivity index (χ1n) is 5.45. The van der Waals surface area contributed by atoms with Crippen molar-refractivity contribution in [2.45, 2.75) is 5.50 Å². The van der Waals surface area contributed by atoms with Gasteiger partial charge < -0.3 is 9.47 Å². The molecule has 106 valence electrons. The van der Waals surface area contributed by atoms with Gasteiger partial charge in [0.15, 0.2) is 18.1 Å². The maximum absolute atomic E-state index is 11.4. The third-order valence-corrected chi connectivity index (χ3v) is 3.00. The summed E-state index contributed by atoms with van der Waals surface area (Å²) in [7, 11) is 1.39. The number of nitrogens with zero attached hydrogens (tertiary/aromatic N) is 3. The smallest absolute Gasteiger partial charge is 0.204 e. The van der Waals surface area contributed by atoms with Crippen LogP contribution in [0.4, 0.5) is 5.69 Å². The first-order valence-corrected chi connectivity index (χ1v) is 6.68. The molecule has 0 aliphatic heterocycles. The Hall–Kier alpha value is -1.49. The maximum Gasteiger partial charge on any atom is 0.204 e. The van der Waals surface area contributed by atoms with Gasteiger partial charge in [0.05, 0.1) is 4.47 Å². The molecule has 0 saturated heterocycles. The topological polar surface area (TPSA) is 84.0 Å². The van der Waals surface area contributed by atoms with Gasteiger partial charge in [0.2, 0.25) is 5.50 Å². The summed E-state index contributed by atoms with van der Waals surface area (Å²) in [6.07, 6.45) is 0. The average molecular weight is 361 g/mol. The summed E-state index contributed by atoms with van der Waals surface area (Å²) >= 11 is 9.04.